The number of carbonyl (C=O) groups is 2. The average Bonchev–Trinajstić information content (AvgIpc) is 2.45. The SMILES string of the molecule is COCc1ccc(CNC(=O)CN(C)C(C)C(=O)O)cc1.Cl. The summed E-state index contributed by atoms with van der Waals surface area (Å²) in [5.41, 5.74) is 2.06. The van der Waals surface area contributed by atoms with E-state index in [1.165, 1.54) is 4.90 Å². The highest BCUT2D eigenvalue weighted by Crippen LogP contribution is 2.05. The van der Waals surface area contributed by atoms with Crippen molar-refractivity contribution in [1.29, 1.82) is 0 Å². The molecule has 1 aromatic rings. The number of carboxylic acid groups (broad SMARTS) is 1. The number of hydrogen-bond donors (Lipinski definition) is 2. The van der Waals surface area contributed by atoms with Crippen LogP contribution >= 0.6 is 12.4 Å². The number of nitrogens with zero attached hydrogens (tertiary/aromatic N) is 1. The lowest BCUT2D eigenvalue weighted by Gasteiger charge is -2.20. The summed E-state index contributed by atoms with van der Waals surface area (Å²) in [6.45, 7) is 2.57. The third kappa shape index (κ3) is 6.89. The molecule has 0 radical (unpaired) electrons. The fraction of sp³-hybridized carbons (Fsp3) is 0.467. The molecular formula is C15H23ClN2O4. The monoisotopic (exact) mass is 330 g/mol. The van der Waals surface area contributed by atoms with Gasteiger partial charge in [-0.3, -0.25) is 14.5 Å². The Balaban J connectivity index is 0.00000441. The maximum Gasteiger partial charge on any atom is 0.320 e. The molecule has 0 spiro atoms. The molecule has 0 fully saturated rings. The number of carboxylic acids is 1. The van der Waals surface area contributed by atoms with Crippen molar-refractivity contribution in [1.82, 2.24) is 10.2 Å². The van der Waals surface area contributed by atoms with Crippen LogP contribution in [0.25, 0.3) is 0 Å². The Hall–Kier alpha value is -1.63. The number of rotatable bonds is 8. The molecule has 0 saturated carbocycles. The number of likely N-dealkylation sites (N-methyl/N-ethyl adjacent to an activating group) is 1. The summed E-state index contributed by atoms with van der Waals surface area (Å²) in [5.74, 6) is -1.15. The number of ether oxygens (including phenoxy) is 1. The van der Waals surface area contributed by atoms with Gasteiger partial charge in [-0.1, -0.05) is 24.3 Å². The number of benzene rings is 1. The predicted molar refractivity (Wildman–Crippen MR) is 86.0 cm³/mol. The summed E-state index contributed by atoms with van der Waals surface area (Å²) in [6.07, 6.45) is 0. The molecule has 124 valence electrons. The van der Waals surface area contributed by atoms with E-state index in [-0.39, 0.29) is 24.9 Å². The quantitative estimate of drug-likeness (QED) is 0.750. The van der Waals surface area contributed by atoms with Crippen LogP contribution in [0.15, 0.2) is 24.3 Å². The van der Waals surface area contributed by atoms with Crippen LogP contribution in [0.1, 0.15) is 18.1 Å². The first-order valence-electron chi connectivity index (χ1n) is 6.70. The Morgan fingerprint density at radius 3 is 2.32 bits per heavy atom. The Kier molecular flexibility index (Phi) is 9.40. The van der Waals surface area contributed by atoms with Gasteiger partial charge in [0.2, 0.25) is 5.91 Å². The second-order valence-corrected chi connectivity index (χ2v) is 4.96. The summed E-state index contributed by atoms with van der Waals surface area (Å²) < 4.78 is 5.03. The molecule has 1 atom stereocenters. The summed E-state index contributed by atoms with van der Waals surface area (Å²) in [4.78, 5) is 24.0. The Morgan fingerprint density at radius 2 is 1.82 bits per heavy atom. The number of carbonyl (C=O) groups excluding carboxylic acids is 1. The number of aliphatic carboxylic acids is 1. The molecule has 1 unspecified atom stereocenters. The van der Waals surface area contributed by atoms with Crippen LogP contribution < -0.4 is 5.32 Å². The van der Waals surface area contributed by atoms with Crippen molar-refractivity contribution >= 4 is 24.3 Å². The van der Waals surface area contributed by atoms with Gasteiger partial charge in [-0.05, 0) is 25.1 Å². The Bertz CT molecular complexity index is 479. The molecule has 7 heteroatoms. The largest absolute Gasteiger partial charge is 0.480 e. The van der Waals surface area contributed by atoms with Crippen LogP contribution in [-0.2, 0) is 27.5 Å². The van der Waals surface area contributed by atoms with Gasteiger partial charge in [0.1, 0.15) is 6.04 Å². The van der Waals surface area contributed by atoms with E-state index in [0.29, 0.717) is 13.2 Å². The van der Waals surface area contributed by atoms with Crippen molar-refractivity contribution in [3.63, 3.8) is 0 Å². The molecule has 0 aliphatic rings. The zero-order valence-electron chi connectivity index (χ0n) is 13.0. The standard InChI is InChI=1S/C15H22N2O4.ClH/c1-11(15(19)20)17(2)9-14(18)16-8-12-4-6-13(7-5-12)10-21-3;/h4-7,11H,8-10H2,1-3H3,(H,16,18)(H,19,20);1H. The first kappa shape index (κ1) is 20.4. The Labute approximate surface area is 136 Å². The molecule has 1 aromatic carbocycles. The maximum absolute atomic E-state index is 11.8. The van der Waals surface area contributed by atoms with Gasteiger partial charge < -0.3 is 15.2 Å². The lowest BCUT2D eigenvalue weighted by molar-refractivity contribution is -0.142. The van der Waals surface area contributed by atoms with E-state index >= 15 is 0 Å². The maximum atomic E-state index is 11.8. The van der Waals surface area contributed by atoms with Crippen molar-refractivity contribution in [2.24, 2.45) is 0 Å². The Morgan fingerprint density at radius 1 is 1.27 bits per heavy atom. The summed E-state index contributed by atoms with van der Waals surface area (Å²) in [7, 11) is 3.25. The normalized spacial score (nSPS) is 11.6. The molecule has 6 nitrogen and oxygen atoms in total. The molecule has 0 bridgehead atoms. The van der Waals surface area contributed by atoms with Crippen LogP contribution in [0.2, 0.25) is 0 Å². The predicted octanol–water partition coefficient (Wildman–Crippen LogP) is 1.28. The highest BCUT2D eigenvalue weighted by Gasteiger charge is 2.18. The smallest absolute Gasteiger partial charge is 0.320 e. The van der Waals surface area contributed by atoms with Crippen molar-refractivity contribution in [3.05, 3.63) is 35.4 Å². The summed E-state index contributed by atoms with van der Waals surface area (Å²) in [6, 6.07) is 7.06. The lowest BCUT2D eigenvalue weighted by atomic mass is 10.1. The molecule has 0 saturated heterocycles. The van der Waals surface area contributed by atoms with Crippen molar-refractivity contribution < 1.29 is 19.4 Å². The minimum atomic E-state index is -0.945. The molecule has 1 rings (SSSR count). The number of hydrogen-bond acceptors (Lipinski definition) is 4. The second-order valence-electron chi connectivity index (χ2n) is 4.96. The number of amides is 1. The van der Waals surface area contributed by atoms with Gasteiger partial charge in [0, 0.05) is 13.7 Å². The molecule has 2 N–H and O–H groups in total. The van der Waals surface area contributed by atoms with Gasteiger partial charge in [0.05, 0.1) is 13.2 Å². The zero-order chi connectivity index (χ0) is 15.8. The minimum absolute atomic E-state index is 0. The van der Waals surface area contributed by atoms with E-state index in [1.807, 2.05) is 24.3 Å². The molecule has 22 heavy (non-hydrogen) atoms. The fourth-order valence-electron chi connectivity index (χ4n) is 1.73. The third-order valence-electron chi connectivity index (χ3n) is 3.24. The first-order chi connectivity index (χ1) is 9.93. The van der Waals surface area contributed by atoms with Crippen molar-refractivity contribution in [2.45, 2.75) is 26.1 Å². The van der Waals surface area contributed by atoms with Gasteiger partial charge in [0.25, 0.3) is 0 Å². The van der Waals surface area contributed by atoms with E-state index in [0.717, 1.165) is 11.1 Å². The topological polar surface area (TPSA) is 78.9 Å². The van der Waals surface area contributed by atoms with Gasteiger partial charge >= 0.3 is 5.97 Å². The van der Waals surface area contributed by atoms with Crippen LogP contribution in [0.5, 0.6) is 0 Å². The number of nitrogens with one attached hydrogen (secondary N) is 1. The lowest BCUT2D eigenvalue weighted by Crippen LogP contribution is -2.42. The molecule has 1 amide bonds. The third-order valence-corrected chi connectivity index (χ3v) is 3.24. The number of methoxy groups -OCH3 is 1. The summed E-state index contributed by atoms with van der Waals surface area (Å²) in [5, 5.41) is 11.6. The minimum Gasteiger partial charge on any atom is -0.480 e. The van der Waals surface area contributed by atoms with Gasteiger partial charge in [-0.2, -0.15) is 0 Å². The molecular weight excluding hydrogens is 308 g/mol. The number of halogens is 1. The van der Waals surface area contributed by atoms with Gasteiger partial charge in [0.15, 0.2) is 0 Å². The molecule has 0 aromatic heterocycles. The fourth-order valence-corrected chi connectivity index (χ4v) is 1.73. The molecule has 0 heterocycles. The second kappa shape index (κ2) is 10.2. The zero-order valence-corrected chi connectivity index (χ0v) is 13.9. The molecule has 0 aliphatic heterocycles. The van der Waals surface area contributed by atoms with E-state index in [1.54, 1.807) is 21.1 Å². The van der Waals surface area contributed by atoms with Crippen molar-refractivity contribution in [3.8, 4) is 0 Å². The molecule has 0 aliphatic carbocycles. The van der Waals surface area contributed by atoms with Gasteiger partial charge in [-0.15, -0.1) is 12.4 Å². The summed E-state index contributed by atoms with van der Waals surface area (Å²) >= 11 is 0. The van der Waals surface area contributed by atoms with E-state index < -0.39 is 12.0 Å². The van der Waals surface area contributed by atoms with Crippen molar-refractivity contribution in [2.75, 3.05) is 20.7 Å². The van der Waals surface area contributed by atoms with Crippen LogP contribution in [-0.4, -0.2) is 48.6 Å². The highest BCUT2D eigenvalue weighted by atomic mass is 35.5. The van der Waals surface area contributed by atoms with E-state index in [4.69, 9.17) is 9.84 Å². The highest BCUT2D eigenvalue weighted by molar-refractivity contribution is 5.85. The van der Waals surface area contributed by atoms with Crippen LogP contribution in [0.4, 0.5) is 0 Å². The van der Waals surface area contributed by atoms with E-state index in [9.17, 15) is 9.59 Å². The van der Waals surface area contributed by atoms with E-state index in [2.05, 4.69) is 5.32 Å². The first-order valence-corrected chi connectivity index (χ1v) is 6.70. The average molecular weight is 331 g/mol. The van der Waals surface area contributed by atoms with Gasteiger partial charge in [-0.25, -0.2) is 0 Å². The van der Waals surface area contributed by atoms with Crippen LogP contribution in [0.3, 0.4) is 0 Å². The van der Waals surface area contributed by atoms with Crippen LogP contribution in [0, 0.1) is 0 Å².